The standard InChI is InChI=1S/C18H18ClNO3/c1-2-20(13-8-4-3-5-9-13)17(21)12-15(18(22)23)14-10-6-7-11-16(14)19/h3-11,15H,2,12H2,1H3,(H,22,23). The number of aliphatic carboxylic acids is 1. The van der Waals surface area contributed by atoms with Crippen LogP contribution in [0.25, 0.3) is 0 Å². The number of halogens is 1. The molecule has 0 bridgehead atoms. The van der Waals surface area contributed by atoms with Crippen LogP contribution in [0.4, 0.5) is 5.69 Å². The van der Waals surface area contributed by atoms with E-state index in [1.54, 1.807) is 29.2 Å². The highest BCUT2D eigenvalue weighted by atomic mass is 35.5. The van der Waals surface area contributed by atoms with Gasteiger partial charge >= 0.3 is 5.97 Å². The fraction of sp³-hybridized carbons (Fsp3) is 0.222. The number of rotatable bonds is 6. The molecule has 1 N–H and O–H groups in total. The van der Waals surface area contributed by atoms with Gasteiger partial charge in [-0.2, -0.15) is 0 Å². The lowest BCUT2D eigenvalue weighted by molar-refractivity contribution is -0.140. The zero-order valence-electron chi connectivity index (χ0n) is 12.8. The maximum absolute atomic E-state index is 12.6. The first-order valence-electron chi connectivity index (χ1n) is 7.37. The largest absolute Gasteiger partial charge is 0.481 e. The summed E-state index contributed by atoms with van der Waals surface area (Å²) in [5.74, 6) is -2.27. The first kappa shape index (κ1) is 17.0. The van der Waals surface area contributed by atoms with Gasteiger partial charge in [0.05, 0.1) is 5.92 Å². The van der Waals surface area contributed by atoms with Crippen molar-refractivity contribution in [3.63, 3.8) is 0 Å². The third-order valence-electron chi connectivity index (χ3n) is 3.64. The molecule has 2 aromatic carbocycles. The van der Waals surface area contributed by atoms with Crippen LogP contribution in [-0.2, 0) is 9.59 Å². The molecule has 0 radical (unpaired) electrons. The molecule has 23 heavy (non-hydrogen) atoms. The van der Waals surface area contributed by atoms with Crippen LogP contribution in [0.3, 0.4) is 0 Å². The van der Waals surface area contributed by atoms with Gasteiger partial charge in [-0.3, -0.25) is 9.59 Å². The monoisotopic (exact) mass is 331 g/mol. The summed E-state index contributed by atoms with van der Waals surface area (Å²) in [6, 6.07) is 15.9. The lowest BCUT2D eigenvalue weighted by atomic mass is 9.95. The van der Waals surface area contributed by atoms with Gasteiger partial charge in [-0.1, -0.05) is 48.0 Å². The van der Waals surface area contributed by atoms with E-state index in [1.807, 2.05) is 37.3 Å². The summed E-state index contributed by atoms with van der Waals surface area (Å²) in [4.78, 5) is 25.8. The third kappa shape index (κ3) is 4.11. The molecule has 1 unspecified atom stereocenters. The zero-order chi connectivity index (χ0) is 16.8. The molecular formula is C18H18ClNO3. The number of carbonyl (C=O) groups excluding carboxylic acids is 1. The number of carboxylic acids is 1. The molecule has 1 atom stereocenters. The van der Waals surface area contributed by atoms with Gasteiger partial charge in [0, 0.05) is 23.7 Å². The summed E-state index contributed by atoms with van der Waals surface area (Å²) in [6.45, 7) is 2.33. The van der Waals surface area contributed by atoms with Crippen molar-refractivity contribution in [3.05, 3.63) is 65.2 Å². The second-order valence-corrected chi connectivity index (χ2v) is 5.50. The fourth-order valence-electron chi connectivity index (χ4n) is 2.48. The second kappa shape index (κ2) is 7.79. The molecular weight excluding hydrogens is 314 g/mol. The number of amides is 1. The Morgan fingerprint density at radius 2 is 1.70 bits per heavy atom. The topological polar surface area (TPSA) is 57.6 Å². The minimum Gasteiger partial charge on any atom is -0.481 e. The number of carboxylic acid groups (broad SMARTS) is 1. The SMILES string of the molecule is CCN(C(=O)CC(C(=O)O)c1ccccc1Cl)c1ccccc1. The highest BCUT2D eigenvalue weighted by Crippen LogP contribution is 2.28. The molecule has 0 fully saturated rings. The molecule has 2 rings (SSSR count). The zero-order valence-corrected chi connectivity index (χ0v) is 13.5. The number of benzene rings is 2. The molecule has 1 amide bonds. The Hall–Kier alpha value is -2.33. The van der Waals surface area contributed by atoms with Crippen molar-refractivity contribution in [2.75, 3.05) is 11.4 Å². The summed E-state index contributed by atoms with van der Waals surface area (Å²) in [5, 5.41) is 9.85. The number of carbonyl (C=O) groups is 2. The van der Waals surface area contributed by atoms with Crippen molar-refractivity contribution >= 4 is 29.2 Å². The van der Waals surface area contributed by atoms with E-state index in [9.17, 15) is 14.7 Å². The Morgan fingerprint density at radius 1 is 1.09 bits per heavy atom. The maximum Gasteiger partial charge on any atom is 0.311 e. The van der Waals surface area contributed by atoms with E-state index in [1.165, 1.54) is 0 Å². The second-order valence-electron chi connectivity index (χ2n) is 5.09. The summed E-state index contributed by atoms with van der Waals surface area (Å²) in [7, 11) is 0. The number of anilines is 1. The van der Waals surface area contributed by atoms with Crippen LogP contribution in [0.15, 0.2) is 54.6 Å². The molecule has 0 saturated carbocycles. The van der Waals surface area contributed by atoms with Crippen LogP contribution in [0.5, 0.6) is 0 Å². The smallest absolute Gasteiger partial charge is 0.311 e. The molecule has 0 aliphatic rings. The quantitative estimate of drug-likeness (QED) is 0.871. The summed E-state index contributed by atoms with van der Waals surface area (Å²) in [5.41, 5.74) is 1.21. The van der Waals surface area contributed by atoms with E-state index in [-0.39, 0.29) is 12.3 Å². The van der Waals surface area contributed by atoms with E-state index in [0.29, 0.717) is 17.1 Å². The third-order valence-corrected chi connectivity index (χ3v) is 3.99. The van der Waals surface area contributed by atoms with E-state index in [0.717, 1.165) is 5.69 Å². The van der Waals surface area contributed by atoms with Crippen LogP contribution >= 0.6 is 11.6 Å². The molecule has 120 valence electrons. The molecule has 0 heterocycles. The van der Waals surface area contributed by atoms with Crippen molar-refractivity contribution < 1.29 is 14.7 Å². The average Bonchev–Trinajstić information content (AvgIpc) is 2.55. The molecule has 0 aliphatic heterocycles. The van der Waals surface area contributed by atoms with Gasteiger partial charge in [-0.15, -0.1) is 0 Å². The molecule has 0 saturated heterocycles. The normalized spacial score (nSPS) is 11.7. The molecule has 0 aliphatic carbocycles. The summed E-state index contributed by atoms with van der Waals surface area (Å²) in [6.07, 6.45) is -0.137. The Morgan fingerprint density at radius 3 is 2.26 bits per heavy atom. The van der Waals surface area contributed by atoms with Gasteiger partial charge in [-0.25, -0.2) is 0 Å². The van der Waals surface area contributed by atoms with Crippen molar-refractivity contribution in [1.82, 2.24) is 0 Å². The first-order chi connectivity index (χ1) is 11.0. The first-order valence-corrected chi connectivity index (χ1v) is 7.75. The Bertz CT molecular complexity index is 688. The van der Waals surface area contributed by atoms with Crippen molar-refractivity contribution in [2.45, 2.75) is 19.3 Å². The van der Waals surface area contributed by atoms with Crippen LogP contribution in [0.2, 0.25) is 5.02 Å². The van der Waals surface area contributed by atoms with Gasteiger partial charge in [0.15, 0.2) is 0 Å². The van der Waals surface area contributed by atoms with Crippen LogP contribution in [0.1, 0.15) is 24.8 Å². The predicted molar refractivity (Wildman–Crippen MR) is 90.9 cm³/mol. The van der Waals surface area contributed by atoms with Gasteiger partial charge in [-0.05, 0) is 30.7 Å². The maximum atomic E-state index is 12.6. The van der Waals surface area contributed by atoms with Gasteiger partial charge < -0.3 is 10.0 Å². The van der Waals surface area contributed by atoms with Crippen LogP contribution in [0, 0.1) is 0 Å². The van der Waals surface area contributed by atoms with Crippen LogP contribution < -0.4 is 4.90 Å². The molecule has 0 aromatic heterocycles. The summed E-state index contributed by atoms with van der Waals surface area (Å²) >= 11 is 6.09. The van der Waals surface area contributed by atoms with E-state index in [4.69, 9.17) is 11.6 Å². The van der Waals surface area contributed by atoms with Crippen molar-refractivity contribution in [3.8, 4) is 0 Å². The van der Waals surface area contributed by atoms with Crippen molar-refractivity contribution in [1.29, 1.82) is 0 Å². The molecule has 0 spiro atoms. The van der Waals surface area contributed by atoms with E-state index >= 15 is 0 Å². The fourth-order valence-corrected chi connectivity index (χ4v) is 2.75. The Kier molecular flexibility index (Phi) is 5.77. The van der Waals surface area contributed by atoms with Gasteiger partial charge in [0.1, 0.15) is 0 Å². The van der Waals surface area contributed by atoms with E-state index in [2.05, 4.69) is 0 Å². The predicted octanol–water partition coefficient (Wildman–Crippen LogP) is 3.95. The highest BCUT2D eigenvalue weighted by Gasteiger charge is 2.27. The summed E-state index contributed by atoms with van der Waals surface area (Å²) < 4.78 is 0. The number of para-hydroxylation sites is 1. The lowest BCUT2D eigenvalue weighted by Crippen LogP contribution is -2.33. The Labute approximate surface area is 140 Å². The minimum absolute atomic E-state index is 0.137. The van der Waals surface area contributed by atoms with Gasteiger partial charge in [0.25, 0.3) is 0 Å². The number of hydrogen-bond donors (Lipinski definition) is 1. The minimum atomic E-state index is -1.06. The molecule has 4 nitrogen and oxygen atoms in total. The number of nitrogens with zero attached hydrogens (tertiary/aromatic N) is 1. The molecule has 5 heteroatoms. The highest BCUT2D eigenvalue weighted by molar-refractivity contribution is 6.31. The van der Waals surface area contributed by atoms with E-state index < -0.39 is 11.9 Å². The molecule has 2 aromatic rings. The van der Waals surface area contributed by atoms with Crippen LogP contribution in [-0.4, -0.2) is 23.5 Å². The van der Waals surface area contributed by atoms with Gasteiger partial charge in [0.2, 0.25) is 5.91 Å². The lowest BCUT2D eigenvalue weighted by Gasteiger charge is -2.23. The number of hydrogen-bond acceptors (Lipinski definition) is 2. The van der Waals surface area contributed by atoms with Crippen molar-refractivity contribution in [2.24, 2.45) is 0 Å². The Balaban J connectivity index is 2.25. The average molecular weight is 332 g/mol.